The Hall–Kier alpha value is -1.59. The number of carbonyl (C=O) groups excluding carboxylic acids is 1. The summed E-state index contributed by atoms with van der Waals surface area (Å²) in [5, 5.41) is 9.21. The number of fused-ring (bicyclic) bond motifs is 1. The maximum Gasteiger partial charge on any atom is 0.268 e. The maximum atomic E-state index is 12.4. The molecule has 0 spiro atoms. The molecular weight excluding hydrogens is 256 g/mol. The van der Waals surface area contributed by atoms with E-state index in [9.17, 15) is 9.90 Å². The molecule has 1 aromatic carbocycles. The van der Waals surface area contributed by atoms with Crippen LogP contribution in [0.25, 0.3) is 0 Å². The van der Waals surface area contributed by atoms with E-state index in [1.807, 2.05) is 44.1 Å². The minimum absolute atomic E-state index is 0.0126. The van der Waals surface area contributed by atoms with Crippen LogP contribution in [0.1, 0.15) is 18.9 Å². The number of ether oxygens (including phenoxy) is 1. The highest BCUT2D eigenvalue weighted by atomic mass is 16.5. The highest BCUT2D eigenvalue weighted by molar-refractivity contribution is 6.00. The Morgan fingerprint density at radius 2 is 2.15 bits per heavy atom. The molecule has 20 heavy (non-hydrogen) atoms. The number of hydrogen-bond donors (Lipinski definition) is 1. The van der Waals surface area contributed by atoms with E-state index < -0.39 is 6.10 Å². The minimum atomic E-state index is -0.432. The first kappa shape index (κ1) is 14.8. The Balaban J connectivity index is 2.32. The molecular formula is C15H22N2O3. The van der Waals surface area contributed by atoms with Gasteiger partial charge < -0.3 is 19.6 Å². The summed E-state index contributed by atoms with van der Waals surface area (Å²) in [7, 11) is 3.97. The lowest BCUT2D eigenvalue weighted by molar-refractivity contribution is -0.126. The van der Waals surface area contributed by atoms with E-state index in [0.717, 1.165) is 17.8 Å². The van der Waals surface area contributed by atoms with Gasteiger partial charge in [0.25, 0.3) is 5.91 Å². The fourth-order valence-electron chi connectivity index (χ4n) is 2.26. The Labute approximate surface area is 119 Å². The molecule has 1 amide bonds. The van der Waals surface area contributed by atoms with Crippen molar-refractivity contribution in [2.24, 2.45) is 0 Å². The van der Waals surface area contributed by atoms with Gasteiger partial charge in [-0.1, -0.05) is 13.0 Å². The molecule has 0 radical (unpaired) electrons. The number of benzene rings is 1. The molecule has 1 unspecified atom stereocenters. The Bertz CT molecular complexity index is 488. The van der Waals surface area contributed by atoms with E-state index >= 15 is 0 Å². The zero-order chi connectivity index (χ0) is 14.7. The zero-order valence-electron chi connectivity index (χ0n) is 12.3. The van der Waals surface area contributed by atoms with Crippen LogP contribution in [0.15, 0.2) is 18.2 Å². The van der Waals surface area contributed by atoms with E-state index in [1.54, 1.807) is 4.90 Å². The smallest absolute Gasteiger partial charge is 0.268 e. The van der Waals surface area contributed by atoms with Gasteiger partial charge in [0, 0.05) is 13.1 Å². The van der Waals surface area contributed by atoms with Gasteiger partial charge in [0.2, 0.25) is 0 Å². The van der Waals surface area contributed by atoms with Gasteiger partial charge in [0.05, 0.1) is 12.3 Å². The van der Waals surface area contributed by atoms with Gasteiger partial charge in [0.15, 0.2) is 6.10 Å². The summed E-state index contributed by atoms with van der Waals surface area (Å²) < 4.78 is 5.76. The van der Waals surface area contributed by atoms with E-state index in [0.29, 0.717) is 18.7 Å². The summed E-state index contributed by atoms with van der Waals surface area (Å²) in [5.41, 5.74) is 1.58. The van der Waals surface area contributed by atoms with Crippen LogP contribution >= 0.6 is 0 Å². The van der Waals surface area contributed by atoms with Crippen molar-refractivity contribution in [3.8, 4) is 5.75 Å². The summed E-state index contributed by atoms with van der Waals surface area (Å²) in [4.78, 5) is 16.3. The fourth-order valence-corrected chi connectivity index (χ4v) is 2.26. The average molecular weight is 278 g/mol. The predicted molar refractivity (Wildman–Crippen MR) is 78.0 cm³/mol. The molecule has 5 heteroatoms. The largest absolute Gasteiger partial charge is 0.478 e. The van der Waals surface area contributed by atoms with Gasteiger partial charge in [-0.25, -0.2) is 0 Å². The van der Waals surface area contributed by atoms with Crippen LogP contribution in [0, 0.1) is 0 Å². The summed E-state index contributed by atoms with van der Waals surface area (Å²) in [6.45, 7) is 3.34. The van der Waals surface area contributed by atoms with Gasteiger partial charge in [-0.3, -0.25) is 4.79 Å². The molecule has 1 atom stereocenters. The Kier molecular flexibility index (Phi) is 4.62. The van der Waals surface area contributed by atoms with E-state index in [1.165, 1.54) is 0 Å². The molecule has 0 aliphatic carbocycles. The standard InChI is InChI=1S/C15H22N2O3/c1-4-13-15(19)17(8-7-16(2)3)12-6-5-11(10-18)9-14(12)20-13/h5-6,9,13,18H,4,7-8,10H2,1-3H3. The van der Waals surface area contributed by atoms with Crippen LogP contribution in [0.4, 0.5) is 5.69 Å². The maximum absolute atomic E-state index is 12.4. The minimum Gasteiger partial charge on any atom is -0.478 e. The van der Waals surface area contributed by atoms with Crippen molar-refractivity contribution in [1.82, 2.24) is 4.90 Å². The number of hydrogen-bond acceptors (Lipinski definition) is 4. The topological polar surface area (TPSA) is 53.0 Å². The molecule has 5 nitrogen and oxygen atoms in total. The molecule has 0 saturated carbocycles. The highest BCUT2D eigenvalue weighted by Gasteiger charge is 2.33. The lowest BCUT2D eigenvalue weighted by atomic mass is 10.1. The van der Waals surface area contributed by atoms with Crippen LogP contribution in [-0.2, 0) is 11.4 Å². The summed E-state index contributed by atoms with van der Waals surface area (Å²) in [5.74, 6) is 0.695. The third-order valence-corrected chi connectivity index (χ3v) is 3.45. The van der Waals surface area contributed by atoms with Crippen LogP contribution in [0.2, 0.25) is 0 Å². The quantitative estimate of drug-likeness (QED) is 0.880. The number of likely N-dealkylation sites (N-methyl/N-ethyl adjacent to an activating group) is 1. The van der Waals surface area contributed by atoms with Crippen molar-refractivity contribution in [3.63, 3.8) is 0 Å². The van der Waals surface area contributed by atoms with Crippen molar-refractivity contribution >= 4 is 11.6 Å². The molecule has 1 heterocycles. The van der Waals surface area contributed by atoms with Crippen molar-refractivity contribution in [3.05, 3.63) is 23.8 Å². The molecule has 1 aliphatic rings. The van der Waals surface area contributed by atoms with Crippen molar-refractivity contribution in [2.75, 3.05) is 32.1 Å². The van der Waals surface area contributed by atoms with Gasteiger partial charge in [-0.2, -0.15) is 0 Å². The predicted octanol–water partition coefficient (Wildman–Crippen LogP) is 1.24. The van der Waals surface area contributed by atoms with Crippen LogP contribution in [-0.4, -0.2) is 49.2 Å². The lowest BCUT2D eigenvalue weighted by Gasteiger charge is -2.34. The number of aliphatic hydroxyl groups is 1. The third-order valence-electron chi connectivity index (χ3n) is 3.45. The molecule has 0 saturated heterocycles. The zero-order valence-corrected chi connectivity index (χ0v) is 12.3. The van der Waals surface area contributed by atoms with Crippen LogP contribution in [0.3, 0.4) is 0 Å². The first-order valence-electron chi connectivity index (χ1n) is 6.93. The first-order valence-corrected chi connectivity index (χ1v) is 6.93. The molecule has 1 aliphatic heterocycles. The molecule has 0 fully saturated rings. The van der Waals surface area contributed by atoms with Crippen molar-refractivity contribution in [1.29, 1.82) is 0 Å². The second-order valence-corrected chi connectivity index (χ2v) is 5.27. The first-order chi connectivity index (χ1) is 9.56. The molecule has 1 N–H and O–H groups in total. The van der Waals surface area contributed by atoms with Crippen molar-refractivity contribution < 1.29 is 14.6 Å². The summed E-state index contributed by atoms with van der Waals surface area (Å²) in [6, 6.07) is 5.48. The second-order valence-electron chi connectivity index (χ2n) is 5.27. The fraction of sp³-hybridized carbons (Fsp3) is 0.533. The molecule has 0 bridgehead atoms. The van der Waals surface area contributed by atoms with E-state index in [-0.39, 0.29) is 12.5 Å². The summed E-state index contributed by atoms with van der Waals surface area (Å²) in [6.07, 6.45) is 0.207. The average Bonchev–Trinajstić information content (AvgIpc) is 2.44. The van der Waals surface area contributed by atoms with Crippen molar-refractivity contribution in [2.45, 2.75) is 26.1 Å². The lowest BCUT2D eigenvalue weighted by Crippen LogP contribution is -2.47. The molecule has 110 valence electrons. The number of aliphatic hydroxyl groups excluding tert-OH is 1. The van der Waals surface area contributed by atoms with Crippen LogP contribution in [0.5, 0.6) is 5.75 Å². The molecule has 2 rings (SSSR count). The number of carbonyl (C=O) groups is 1. The molecule has 1 aromatic rings. The van der Waals surface area contributed by atoms with Crippen LogP contribution < -0.4 is 9.64 Å². The summed E-state index contributed by atoms with van der Waals surface area (Å²) >= 11 is 0. The second kappa shape index (κ2) is 6.24. The number of nitrogens with zero attached hydrogens (tertiary/aromatic N) is 2. The van der Waals surface area contributed by atoms with Gasteiger partial charge >= 0.3 is 0 Å². The van der Waals surface area contributed by atoms with E-state index in [2.05, 4.69) is 0 Å². The Morgan fingerprint density at radius 1 is 1.40 bits per heavy atom. The van der Waals surface area contributed by atoms with E-state index in [4.69, 9.17) is 4.74 Å². The SMILES string of the molecule is CCC1Oc2cc(CO)ccc2N(CCN(C)C)C1=O. The Morgan fingerprint density at radius 3 is 2.75 bits per heavy atom. The third kappa shape index (κ3) is 2.94. The van der Waals surface area contributed by atoms with Gasteiger partial charge in [-0.15, -0.1) is 0 Å². The van der Waals surface area contributed by atoms with Gasteiger partial charge in [-0.05, 0) is 38.2 Å². The number of anilines is 1. The number of rotatable bonds is 5. The van der Waals surface area contributed by atoms with Gasteiger partial charge in [0.1, 0.15) is 5.75 Å². The highest BCUT2D eigenvalue weighted by Crippen LogP contribution is 2.35. The molecule has 0 aromatic heterocycles. The number of amides is 1. The normalized spacial score (nSPS) is 18.1. The monoisotopic (exact) mass is 278 g/mol.